The number of aryl methyl sites for hydroxylation is 1. The van der Waals surface area contributed by atoms with Gasteiger partial charge in [0.05, 0.1) is 106 Å². The molecule has 0 saturated carbocycles. The van der Waals surface area contributed by atoms with Gasteiger partial charge in [-0.05, 0) is 180 Å². The minimum Gasteiger partial charge on any atom is -0.366 e. The number of nitrogens with two attached hydrogens (primary N) is 2. The van der Waals surface area contributed by atoms with Gasteiger partial charge in [0.2, 0.25) is 5.95 Å². The molecule has 22 aromatic rings. The van der Waals surface area contributed by atoms with E-state index in [4.69, 9.17) is 11.6 Å². The summed E-state index contributed by atoms with van der Waals surface area (Å²) in [6, 6.07) is 58.7. The molecule has 0 fully saturated rings. The smallest absolute Gasteiger partial charge is 0.362 e. The van der Waals surface area contributed by atoms with Gasteiger partial charge in [0.15, 0.2) is 17.5 Å². The van der Waals surface area contributed by atoms with E-state index in [2.05, 4.69) is 111 Å². The number of aromatic nitrogens is 23. The van der Waals surface area contributed by atoms with Crippen molar-refractivity contribution >= 4 is 143 Å². The third-order valence-corrected chi connectivity index (χ3v) is 21.0. The van der Waals surface area contributed by atoms with Crippen LogP contribution >= 0.6 is 0 Å². The number of H-pyrrole nitrogens is 11. The lowest BCUT2D eigenvalue weighted by Crippen LogP contribution is -2.25. The van der Waals surface area contributed by atoms with Gasteiger partial charge in [0.25, 0.3) is 0 Å². The van der Waals surface area contributed by atoms with Gasteiger partial charge in [-0.2, -0.15) is 45.4 Å². The van der Waals surface area contributed by atoms with Crippen LogP contribution in [0.25, 0.3) is 194 Å². The lowest BCUT2D eigenvalue weighted by molar-refractivity contribution is 0.627. The van der Waals surface area contributed by atoms with Crippen LogP contribution in [-0.4, -0.2) is 116 Å². The lowest BCUT2D eigenvalue weighted by Gasteiger charge is -2.02. The van der Waals surface area contributed by atoms with Gasteiger partial charge in [0.1, 0.15) is 69.8 Å². The Morgan fingerprint density at radius 3 is 0.970 bits per heavy atom. The molecule has 133 heavy (non-hydrogen) atoms. The van der Waals surface area contributed by atoms with Crippen molar-refractivity contribution in [1.82, 2.24) is 116 Å². The minimum absolute atomic E-state index is 0.0240. The predicted molar refractivity (Wildman–Crippen MR) is 492 cm³/mol. The SMILES string of the molecule is Cc1cccc2[nH]c(-c3cc4c(/C=C/c5ccc(F)cc5)n[nH]c4cc3F)nc12.Fc1ccc(/C=C/c2n[nH]c3cc(F)c(-c4nc5ccccc5[nH]4)cc23)cc1.Nc1n[nH]c(-c2cc3c(/C=C/c4ccc(F)cc4)n[nH]c3cc2F)n1.Nn1c(-c2cc3c(/C=C/c4ccc(F)cc4)n[nH]c3cc2F)n[nH]c1=O.O=c1[nH]nc(-c2cc3c(/C=C/c4ccc(F)cc4)n[nH]c3cc2F)[nH]1. The van der Waals surface area contributed by atoms with Crippen molar-refractivity contribution in [2.24, 2.45) is 0 Å². The first-order valence-corrected chi connectivity index (χ1v) is 40.2. The Balaban J connectivity index is 0.000000111. The number of halogens is 10. The molecule has 0 spiro atoms. The highest BCUT2D eigenvalue weighted by Crippen LogP contribution is 2.36. The number of nitrogens with one attached hydrogen (secondary N) is 11. The number of rotatable bonds is 15. The first kappa shape index (κ1) is 85.3. The molecule has 0 atom stereocenters. The second kappa shape index (κ2) is 36.9. The van der Waals surface area contributed by atoms with E-state index in [1.54, 1.807) is 121 Å². The molecule has 10 aromatic heterocycles. The molecular weight excluding hydrogens is 1730 g/mol. The summed E-state index contributed by atoms with van der Waals surface area (Å²) in [6.07, 6.45) is 17.8. The second-order valence-corrected chi connectivity index (χ2v) is 29.8. The van der Waals surface area contributed by atoms with Gasteiger partial charge >= 0.3 is 11.4 Å². The van der Waals surface area contributed by atoms with E-state index in [1.807, 2.05) is 73.7 Å². The third kappa shape index (κ3) is 18.9. The summed E-state index contributed by atoms with van der Waals surface area (Å²) in [5.74, 6) is 3.03. The first-order valence-electron chi connectivity index (χ1n) is 40.2. The predicted octanol–water partition coefficient (Wildman–Crippen LogP) is 20.2. The molecular formula is C96H65F10N25O2. The fraction of sp³-hybridized carbons (Fsp3) is 0.0104. The van der Waals surface area contributed by atoms with Crippen molar-refractivity contribution in [3.63, 3.8) is 0 Å². The van der Waals surface area contributed by atoms with Crippen LogP contribution in [0, 0.1) is 65.1 Å². The fourth-order valence-corrected chi connectivity index (χ4v) is 14.2. The maximum atomic E-state index is 14.8. The van der Waals surface area contributed by atoms with Crippen LogP contribution in [0.4, 0.5) is 49.9 Å². The van der Waals surface area contributed by atoms with Crippen molar-refractivity contribution < 1.29 is 43.9 Å². The molecule has 15 N–H and O–H groups in total. The van der Waals surface area contributed by atoms with Crippen molar-refractivity contribution in [1.29, 1.82) is 0 Å². The Labute approximate surface area is 740 Å². The summed E-state index contributed by atoms with van der Waals surface area (Å²) >= 11 is 0. The van der Waals surface area contributed by atoms with Crippen molar-refractivity contribution in [2.45, 2.75) is 6.92 Å². The number of nitrogen functional groups attached to an aromatic ring is 2. The van der Waals surface area contributed by atoms with E-state index in [0.717, 1.165) is 70.9 Å². The first-order chi connectivity index (χ1) is 64.5. The largest absolute Gasteiger partial charge is 0.366 e. The highest BCUT2D eigenvalue weighted by Gasteiger charge is 2.22. The van der Waals surface area contributed by atoms with E-state index in [9.17, 15) is 53.5 Å². The van der Waals surface area contributed by atoms with Gasteiger partial charge in [-0.15, -0.1) is 5.10 Å². The van der Waals surface area contributed by atoms with E-state index in [-0.39, 0.29) is 80.8 Å². The summed E-state index contributed by atoms with van der Waals surface area (Å²) in [5.41, 5.74) is 19.8. The highest BCUT2D eigenvalue weighted by molar-refractivity contribution is 5.98. The van der Waals surface area contributed by atoms with E-state index >= 15 is 0 Å². The number of hydrogen-bond acceptors (Lipinski definition) is 15. The number of hydrogen-bond donors (Lipinski definition) is 13. The number of aromatic amines is 11. The molecule has 0 aliphatic heterocycles. The van der Waals surface area contributed by atoms with Crippen molar-refractivity contribution in [3.8, 4) is 56.9 Å². The Kier molecular flexibility index (Phi) is 23.7. The molecule has 0 aliphatic rings. The molecule has 0 aliphatic carbocycles. The van der Waals surface area contributed by atoms with E-state index in [0.29, 0.717) is 95.0 Å². The minimum atomic E-state index is -0.650. The monoisotopic (exact) mass is 1790 g/mol. The number of para-hydroxylation sites is 3. The van der Waals surface area contributed by atoms with Gasteiger partial charge in [-0.3, -0.25) is 35.6 Å². The molecule has 0 unspecified atom stereocenters. The standard InChI is InChI=1S/C23H16F2N4.C22H14F2N4.C17H12F2N6O.C17H12F2N6.C17H11F2N5O/c1-13-3-2-4-20-22(13)27-23(26-20)16-11-17-19(28-29-21(17)12-18(16)25)10-7-14-5-8-15(24)9-6-14;23-14-8-5-13(6-9-14)7-10-18-16-11-15(17(24)12-21(16)28-27-18)22-25-19-3-1-2-4-20(19)26-22;18-10-4-1-9(2-5-10)3-6-14-12-7-11(13(19)8-15(12)22-21-14)16-23-24-17(26)25(16)20;18-10-4-1-9(2-5-10)3-6-14-12-7-11(16-21-17(20)25-24-16)13(19)8-15(12)23-22-14;18-10-4-1-9(2-5-10)3-6-14-12-7-11(16-20-17(25)24-23-16)13(19)8-15(12)22-21-14/h2-12H,1H3,(H,26,27)(H,28,29);1-12H,(H,25,26)(H,27,28);1-8H,20H2,(H,21,22)(H,24,26);1-8H,(H,22,23)(H3,20,21,24,25);1-8H,(H,21,22)(H2,20,23,24,25)/b2*10-7+;3*6-3+. The summed E-state index contributed by atoms with van der Waals surface area (Å²) in [7, 11) is 0. The number of nitrogens with zero attached hydrogens (tertiary/aromatic N) is 12. The maximum absolute atomic E-state index is 14.8. The topological polar surface area (TPSA) is 407 Å². The van der Waals surface area contributed by atoms with Crippen LogP contribution in [0.15, 0.2) is 234 Å². The molecule has 22 rings (SSSR count). The Morgan fingerprint density at radius 2 is 0.632 bits per heavy atom. The maximum Gasteiger partial charge on any atom is 0.362 e. The van der Waals surface area contributed by atoms with Gasteiger partial charge in [-0.25, -0.2) is 73.7 Å². The van der Waals surface area contributed by atoms with Crippen LogP contribution < -0.4 is 23.0 Å². The third-order valence-electron chi connectivity index (χ3n) is 21.0. The number of imidazole rings is 2. The highest BCUT2D eigenvalue weighted by atomic mass is 19.2. The molecule has 0 amide bonds. The zero-order chi connectivity index (χ0) is 92.1. The molecule has 656 valence electrons. The van der Waals surface area contributed by atoms with Crippen LogP contribution in [0.2, 0.25) is 0 Å². The summed E-state index contributed by atoms with van der Waals surface area (Å²) < 4.78 is 138. The van der Waals surface area contributed by atoms with E-state index in [1.165, 1.54) is 97.1 Å². The average molecular weight is 1790 g/mol. The Bertz CT molecular complexity index is 8340. The zero-order valence-electron chi connectivity index (χ0n) is 68.8. The van der Waals surface area contributed by atoms with Crippen molar-refractivity contribution in [3.05, 3.63) is 365 Å². The lowest BCUT2D eigenvalue weighted by atomic mass is 10.1. The second-order valence-electron chi connectivity index (χ2n) is 29.8. The molecule has 37 heteroatoms. The normalized spacial score (nSPS) is 11.7. The number of benzene rings is 12. The Hall–Kier alpha value is -18.5. The number of anilines is 1. The average Bonchev–Trinajstić information content (AvgIpc) is 1.36. The molecule has 0 radical (unpaired) electrons. The summed E-state index contributed by atoms with van der Waals surface area (Å²) in [6.45, 7) is 1.97. The molecule has 10 heterocycles. The Morgan fingerprint density at radius 1 is 0.293 bits per heavy atom. The number of fused-ring (bicyclic) bond motifs is 7. The van der Waals surface area contributed by atoms with Gasteiger partial charge in [-0.1, -0.05) is 115 Å². The molecule has 0 bridgehead atoms. The molecule has 12 aromatic carbocycles. The zero-order valence-corrected chi connectivity index (χ0v) is 68.8. The van der Waals surface area contributed by atoms with Crippen LogP contribution in [0.1, 0.15) is 61.9 Å². The van der Waals surface area contributed by atoms with Crippen LogP contribution in [0.5, 0.6) is 0 Å². The quantitative estimate of drug-likeness (QED) is 0.0335. The fourth-order valence-electron chi connectivity index (χ4n) is 14.2. The summed E-state index contributed by atoms with van der Waals surface area (Å²) in [4.78, 5) is 44.4. The molecule has 0 saturated heterocycles. The summed E-state index contributed by atoms with van der Waals surface area (Å²) in [5, 5.41) is 56.8. The van der Waals surface area contributed by atoms with E-state index < -0.39 is 28.8 Å². The van der Waals surface area contributed by atoms with Gasteiger partial charge in [0, 0.05) is 57.3 Å². The van der Waals surface area contributed by atoms with Crippen LogP contribution in [-0.2, 0) is 0 Å². The molecule has 27 nitrogen and oxygen atoms in total. The van der Waals surface area contributed by atoms with Crippen LogP contribution in [0.3, 0.4) is 0 Å². The van der Waals surface area contributed by atoms with Crippen molar-refractivity contribution in [2.75, 3.05) is 11.6 Å². The van der Waals surface area contributed by atoms with Gasteiger partial charge < -0.3 is 21.5 Å².